The first-order valence-electron chi connectivity index (χ1n) is 6.31. The minimum atomic E-state index is -1.41. The maximum atomic E-state index is 11.8. The molecule has 1 saturated heterocycles. The van der Waals surface area contributed by atoms with Crippen LogP contribution >= 0.6 is 0 Å². The van der Waals surface area contributed by atoms with Gasteiger partial charge in [-0.15, -0.1) is 0 Å². The van der Waals surface area contributed by atoms with Crippen molar-refractivity contribution in [2.75, 3.05) is 19.6 Å². The number of nitrogens with one attached hydrogen (secondary N) is 1. The lowest BCUT2D eigenvalue weighted by molar-refractivity contribution is -0.141. The van der Waals surface area contributed by atoms with Crippen molar-refractivity contribution in [3.63, 3.8) is 0 Å². The number of carboxylic acid groups (broad SMARTS) is 1. The molecular weight excluding hydrogens is 236 g/mol. The summed E-state index contributed by atoms with van der Waals surface area (Å²) in [5.41, 5.74) is -1.41. The number of hydrogen-bond donors (Lipinski definition) is 3. The van der Waals surface area contributed by atoms with Gasteiger partial charge in [0, 0.05) is 19.6 Å². The number of rotatable bonds is 5. The van der Waals surface area contributed by atoms with E-state index in [0.29, 0.717) is 5.92 Å². The minimum Gasteiger partial charge on any atom is -0.481 e. The number of hydrogen-bond acceptors (Lipinski definition) is 3. The Labute approximate surface area is 107 Å². The number of carbonyl (C=O) groups is 2. The predicted octanol–water partition coefficient (Wildman–Crippen LogP) is 0.654. The molecule has 0 aromatic heterocycles. The molecule has 1 fully saturated rings. The van der Waals surface area contributed by atoms with Crippen molar-refractivity contribution >= 4 is 12.0 Å². The monoisotopic (exact) mass is 258 g/mol. The fourth-order valence-electron chi connectivity index (χ4n) is 2.12. The van der Waals surface area contributed by atoms with Crippen molar-refractivity contribution in [1.82, 2.24) is 10.2 Å². The van der Waals surface area contributed by atoms with Gasteiger partial charge in [-0.05, 0) is 19.3 Å². The van der Waals surface area contributed by atoms with Gasteiger partial charge in [-0.25, -0.2) is 4.79 Å². The normalized spacial score (nSPS) is 22.6. The molecule has 6 heteroatoms. The van der Waals surface area contributed by atoms with Crippen LogP contribution in [-0.4, -0.2) is 52.3 Å². The van der Waals surface area contributed by atoms with E-state index in [1.807, 2.05) is 0 Å². The molecule has 104 valence electrons. The van der Waals surface area contributed by atoms with Gasteiger partial charge >= 0.3 is 12.0 Å². The van der Waals surface area contributed by atoms with Crippen molar-refractivity contribution in [2.24, 2.45) is 5.92 Å². The molecule has 1 rings (SSSR count). The van der Waals surface area contributed by atoms with E-state index in [2.05, 4.69) is 12.2 Å². The van der Waals surface area contributed by atoms with E-state index >= 15 is 0 Å². The van der Waals surface area contributed by atoms with E-state index in [1.165, 1.54) is 6.92 Å². The molecule has 1 aliphatic heterocycles. The molecule has 3 N–H and O–H groups in total. The average Bonchev–Trinajstić information content (AvgIpc) is 2.72. The van der Waals surface area contributed by atoms with Crippen LogP contribution in [-0.2, 0) is 4.79 Å². The largest absolute Gasteiger partial charge is 0.481 e. The van der Waals surface area contributed by atoms with Crippen LogP contribution in [0.5, 0.6) is 0 Å². The third-order valence-corrected chi connectivity index (χ3v) is 3.30. The highest BCUT2D eigenvalue weighted by molar-refractivity contribution is 5.74. The summed E-state index contributed by atoms with van der Waals surface area (Å²) >= 11 is 0. The van der Waals surface area contributed by atoms with Crippen LogP contribution in [0.2, 0.25) is 0 Å². The second kappa shape index (κ2) is 6.04. The van der Waals surface area contributed by atoms with E-state index in [4.69, 9.17) is 5.11 Å². The van der Waals surface area contributed by atoms with Gasteiger partial charge in [0.2, 0.25) is 0 Å². The Kier molecular flexibility index (Phi) is 4.95. The summed E-state index contributed by atoms with van der Waals surface area (Å²) < 4.78 is 0. The van der Waals surface area contributed by atoms with Crippen LogP contribution in [0.15, 0.2) is 0 Å². The summed E-state index contributed by atoms with van der Waals surface area (Å²) in [7, 11) is 0. The molecule has 0 spiro atoms. The van der Waals surface area contributed by atoms with Gasteiger partial charge in [0.1, 0.15) is 0 Å². The van der Waals surface area contributed by atoms with Gasteiger partial charge in [-0.2, -0.15) is 0 Å². The topological polar surface area (TPSA) is 89.9 Å². The summed E-state index contributed by atoms with van der Waals surface area (Å²) in [5.74, 6) is -0.531. The quantitative estimate of drug-likeness (QED) is 0.675. The molecule has 1 aliphatic rings. The zero-order chi connectivity index (χ0) is 13.8. The smallest absolute Gasteiger partial charge is 0.317 e. The van der Waals surface area contributed by atoms with Gasteiger partial charge in [0.15, 0.2) is 0 Å². The standard InChI is InChI=1S/C12H22N2O4/c1-3-9-4-5-14(7-9)11(17)13-8-12(2,18)6-10(15)16/h9,18H,3-8H2,1-2H3,(H,13,17)(H,15,16). The number of carbonyl (C=O) groups excluding carboxylic acids is 1. The van der Waals surface area contributed by atoms with Crippen molar-refractivity contribution in [3.8, 4) is 0 Å². The van der Waals surface area contributed by atoms with Crippen molar-refractivity contribution < 1.29 is 19.8 Å². The highest BCUT2D eigenvalue weighted by atomic mass is 16.4. The number of urea groups is 1. The molecule has 2 atom stereocenters. The van der Waals surface area contributed by atoms with Gasteiger partial charge in [-0.1, -0.05) is 13.3 Å². The molecule has 0 aliphatic carbocycles. The highest BCUT2D eigenvalue weighted by Gasteiger charge is 2.28. The number of likely N-dealkylation sites (tertiary alicyclic amines) is 1. The SMILES string of the molecule is CCC1CCN(C(=O)NCC(C)(O)CC(=O)O)C1. The number of aliphatic hydroxyl groups is 1. The van der Waals surface area contributed by atoms with E-state index in [9.17, 15) is 14.7 Å². The zero-order valence-electron chi connectivity index (χ0n) is 11.0. The second-order valence-corrected chi connectivity index (χ2v) is 5.24. The Bertz CT molecular complexity index is 317. The fraction of sp³-hybridized carbons (Fsp3) is 0.833. The summed E-state index contributed by atoms with van der Waals surface area (Å²) in [6, 6.07) is -0.225. The summed E-state index contributed by atoms with van der Waals surface area (Å²) in [4.78, 5) is 24.0. The van der Waals surface area contributed by atoms with E-state index in [1.54, 1.807) is 4.90 Å². The molecule has 0 aromatic carbocycles. The first-order valence-corrected chi connectivity index (χ1v) is 6.31. The van der Waals surface area contributed by atoms with Crippen LogP contribution in [0.3, 0.4) is 0 Å². The lowest BCUT2D eigenvalue weighted by atomic mass is 10.0. The highest BCUT2D eigenvalue weighted by Crippen LogP contribution is 2.19. The number of amides is 2. The average molecular weight is 258 g/mol. The number of nitrogens with zero attached hydrogens (tertiary/aromatic N) is 1. The van der Waals surface area contributed by atoms with Crippen molar-refractivity contribution in [1.29, 1.82) is 0 Å². The predicted molar refractivity (Wildman–Crippen MR) is 66.2 cm³/mol. The summed E-state index contributed by atoms with van der Waals surface area (Å²) in [6.07, 6.45) is 1.68. The second-order valence-electron chi connectivity index (χ2n) is 5.24. The fourth-order valence-corrected chi connectivity index (χ4v) is 2.12. The Balaban J connectivity index is 2.35. The van der Waals surface area contributed by atoms with Crippen molar-refractivity contribution in [2.45, 2.75) is 38.7 Å². The molecule has 0 saturated carbocycles. The summed E-state index contributed by atoms with van der Waals surface area (Å²) in [6.45, 7) is 4.92. The number of carboxylic acids is 1. The van der Waals surface area contributed by atoms with Crippen LogP contribution in [0.1, 0.15) is 33.1 Å². The molecule has 0 bridgehead atoms. The summed E-state index contributed by atoms with van der Waals surface area (Å²) in [5, 5.41) is 21.0. The Morgan fingerprint density at radius 1 is 1.50 bits per heavy atom. The van der Waals surface area contributed by atoms with Crippen LogP contribution in [0, 0.1) is 5.92 Å². The molecule has 18 heavy (non-hydrogen) atoms. The molecule has 2 unspecified atom stereocenters. The Hall–Kier alpha value is -1.30. The molecule has 1 heterocycles. The van der Waals surface area contributed by atoms with E-state index < -0.39 is 11.6 Å². The minimum absolute atomic E-state index is 0.0502. The van der Waals surface area contributed by atoms with Gasteiger partial charge in [-0.3, -0.25) is 4.79 Å². The Morgan fingerprint density at radius 3 is 2.67 bits per heavy atom. The molecule has 0 radical (unpaired) electrons. The first-order chi connectivity index (χ1) is 8.34. The van der Waals surface area contributed by atoms with Gasteiger partial charge < -0.3 is 20.4 Å². The maximum Gasteiger partial charge on any atom is 0.317 e. The third kappa shape index (κ3) is 4.52. The van der Waals surface area contributed by atoms with Crippen LogP contribution < -0.4 is 5.32 Å². The first kappa shape index (κ1) is 14.8. The molecular formula is C12H22N2O4. The Morgan fingerprint density at radius 2 is 2.17 bits per heavy atom. The van der Waals surface area contributed by atoms with Crippen LogP contribution in [0.4, 0.5) is 4.79 Å². The maximum absolute atomic E-state index is 11.8. The number of aliphatic carboxylic acids is 1. The van der Waals surface area contributed by atoms with Crippen molar-refractivity contribution in [3.05, 3.63) is 0 Å². The molecule has 0 aromatic rings. The van der Waals surface area contributed by atoms with E-state index in [0.717, 1.165) is 25.9 Å². The third-order valence-electron chi connectivity index (χ3n) is 3.30. The van der Waals surface area contributed by atoms with Gasteiger partial charge in [0.05, 0.1) is 12.0 Å². The zero-order valence-corrected chi connectivity index (χ0v) is 11.0. The molecule has 2 amide bonds. The van der Waals surface area contributed by atoms with Crippen LogP contribution in [0.25, 0.3) is 0 Å². The molecule has 6 nitrogen and oxygen atoms in total. The lowest BCUT2D eigenvalue weighted by Gasteiger charge is -2.24. The lowest BCUT2D eigenvalue weighted by Crippen LogP contribution is -2.46. The van der Waals surface area contributed by atoms with Gasteiger partial charge in [0.25, 0.3) is 0 Å². The van der Waals surface area contributed by atoms with E-state index in [-0.39, 0.29) is 19.0 Å².